The molecule has 0 spiro atoms. The SMILES string of the molecule is CC(F)(F)C(F)(F)C(F)(F)C(F)(F)C(F)(F)C(F)(F)C(F)(F)C(F)(F)c1nnc(-c2[c-]cccc2)n1-c1ccccc1.[Ir]. The van der Waals surface area contributed by atoms with E-state index in [1.807, 2.05) is 0 Å². The van der Waals surface area contributed by atoms with Crippen LogP contribution >= 0.6 is 0 Å². The molecule has 0 bridgehead atoms. The van der Waals surface area contributed by atoms with Gasteiger partial charge in [-0.15, -0.1) is 41.0 Å². The molecule has 1 heterocycles. The van der Waals surface area contributed by atoms with Crippen LogP contribution in [-0.2, 0) is 26.0 Å². The van der Waals surface area contributed by atoms with E-state index in [1.54, 1.807) is 0 Å². The van der Waals surface area contributed by atoms with Gasteiger partial charge in [-0.2, -0.15) is 75.3 Å². The Hall–Kier alpha value is -2.89. The average molecular weight is 827 g/mol. The zero-order valence-corrected chi connectivity index (χ0v) is 22.8. The van der Waals surface area contributed by atoms with Gasteiger partial charge in [0, 0.05) is 32.7 Å². The summed E-state index contributed by atoms with van der Waals surface area (Å²) in [6.07, 6.45) is 0. The van der Waals surface area contributed by atoms with Crippen LogP contribution in [0.2, 0.25) is 0 Å². The predicted molar refractivity (Wildman–Crippen MR) is 110 cm³/mol. The fraction of sp³-hybridized carbons (Fsp3) is 0.391. The zero-order chi connectivity index (χ0) is 32.4. The first-order valence-electron chi connectivity index (χ1n) is 10.8. The molecule has 1 radical (unpaired) electrons. The zero-order valence-electron chi connectivity index (χ0n) is 20.4. The third-order valence-corrected chi connectivity index (χ3v) is 5.83. The smallest absolute Gasteiger partial charge is 0.315 e. The van der Waals surface area contributed by atoms with Crippen molar-refractivity contribution in [1.29, 1.82) is 0 Å². The summed E-state index contributed by atoms with van der Waals surface area (Å²) in [5.74, 6) is -65.6. The van der Waals surface area contributed by atoms with Crippen molar-refractivity contribution in [3.63, 3.8) is 0 Å². The fourth-order valence-electron chi connectivity index (χ4n) is 3.42. The first-order valence-corrected chi connectivity index (χ1v) is 10.8. The molecular formula is C23H12F16IrN3-. The molecule has 0 aliphatic heterocycles. The molecule has 1 aromatic heterocycles. The molecule has 0 unspecified atom stereocenters. The van der Waals surface area contributed by atoms with Gasteiger partial charge in [0.15, 0.2) is 0 Å². The number of hydrogen-bond acceptors (Lipinski definition) is 2. The Morgan fingerprint density at radius 3 is 1.44 bits per heavy atom. The van der Waals surface area contributed by atoms with Crippen molar-refractivity contribution in [2.75, 3.05) is 0 Å². The Labute approximate surface area is 243 Å². The van der Waals surface area contributed by atoms with E-state index in [2.05, 4.69) is 16.3 Å². The van der Waals surface area contributed by atoms with Gasteiger partial charge in [-0.05, 0) is 12.1 Å². The maximum absolute atomic E-state index is 15.1. The molecule has 2 aromatic carbocycles. The second-order valence-corrected chi connectivity index (χ2v) is 8.70. The number of hydrogen-bond donors (Lipinski definition) is 0. The largest absolute Gasteiger partial charge is 0.386 e. The first kappa shape index (κ1) is 36.3. The van der Waals surface area contributed by atoms with Crippen molar-refractivity contribution in [3.05, 3.63) is 66.5 Å². The number of alkyl halides is 16. The molecule has 0 fully saturated rings. The molecule has 0 aliphatic carbocycles. The molecule has 0 atom stereocenters. The molecule has 0 N–H and O–H groups in total. The maximum Gasteiger partial charge on any atom is 0.386 e. The molecule has 0 saturated carbocycles. The first-order chi connectivity index (χ1) is 18.8. The molecule has 3 rings (SSSR count). The Balaban J connectivity index is 0.00000645. The molecular weight excluding hydrogens is 814 g/mol. The minimum Gasteiger partial charge on any atom is -0.315 e. The Kier molecular flexibility index (Phi) is 9.22. The van der Waals surface area contributed by atoms with Gasteiger partial charge in [0.05, 0.1) is 5.82 Å². The van der Waals surface area contributed by atoms with Gasteiger partial charge in [-0.1, -0.05) is 18.2 Å². The molecule has 241 valence electrons. The summed E-state index contributed by atoms with van der Waals surface area (Å²) in [6, 6.07) is 12.2. The summed E-state index contributed by atoms with van der Waals surface area (Å²) < 4.78 is 225. The number of benzene rings is 2. The monoisotopic (exact) mass is 827 g/mol. The van der Waals surface area contributed by atoms with Crippen molar-refractivity contribution in [1.82, 2.24) is 14.8 Å². The van der Waals surface area contributed by atoms with Gasteiger partial charge < -0.3 is 4.57 Å². The van der Waals surface area contributed by atoms with Gasteiger partial charge in [0.2, 0.25) is 5.82 Å². The van der Waals surface area contributed by atoms with Crippen molar-refractivity contribution in [2.24, 2.45) is 0 Å². The predicted octanol–water partition coefficient (Wildman–Crippen LogP) is 8.29. The third-order valence-electron chi connectivity index (χ3n) is 5.83. The van der Waals surface area contributed by atoms with Crippen LogP contribution in [0.25, 0.3) is 17.1 Å². The van der Waals surface area contributed by atoms with Gasteiger partial charge in [-0.3, -0.25) is 0 Å². The molecule has 0 saturated heterocycles. The minimum atomic E-state index is -8.53. The average Bonchev–Trinajstić information content (AvgIpc) is 3.34. The molecule has 20 heteroatoms. The summed E-state index contributed by atoms with van der Waals surface area (Å²) >= 11 is 0. The van der Waals surface area contributed by atoms with E-state index in [4.69, 9.17) is 0 Å². The molecule has 0 amide bonds. The summed E-state index contributed by atoms with van der Waals surface area (Å²) in [7, 11) is 0. The van der Waals surface area contributed by atoms with Crippen LogP contribution in [0.3, 0.4) is 0 Å². The number of nitrogens with zero attached hydrogens (tertiary/aromatic N) is 3. The van der Waals surface area contributed by atoms with Crippen LogP contribution in [0.15, 0.2) is 54.6 Å². The van der Waals surface area contributed by atoms with Crippen LogP contribution in [0.4, 0.5) is 70.2 Å². The summed E-state index contributed by atoms with van der Waals surface area (Å²) in [4.78, 5) is 0. The van der Waals surface area contributed by atoms with E-state index in [-0.39, 0.29) is 30.2 Å². The Morgan fingerprint density at radius 2 is 1.00 bits per heavy atom. The van der Waals surface area contributed by atoms with E-state index >= 15 is 8.78 Å². The summed E-state index contributed by atoms with van der Waals surface area (Å²) in [5, 5.41) is 5.73. The number of rotatable bonds is 10. The van der Waals surface area contributed by atoms with E-state index < -0.39 is 71.6 Å². The van der Waals surface area contributed by atoms with Gasteiger partial charge in [0.25, 0.3) is 0 Å². The number of aromatic nitrogens is 3. The molecule has 43 heavy (non-hydrogen) atoms. The number of para-hydroxylation sites is 1. The van der Waals surface area contributed by atoms with Crippen molar-refractivity contribution >= 4 is 0 Å². The Morgan fingerprint density at radius 1 is 0.558 bits per heavy atom. The summed E-state index contributed by atoms with van der Waals surface area (Å²) in [5.41, 5.74) is -0.970. The second kappa shape index (κ2) is 10.9. The van der Waals surface area contributed by atoms with Crippen molar-refractivity contribution < 1.29 is 90.4 Å². The van der Waals surface area contributed by atoms with Crippen LogP contribution in [0.5, 0.6) is 0 Å². The molecule has 3 nitrogen and oxygen atoms in total. The standard InChI is InChI=1S/C23H12F16N3.Ir/c1-16(24,25)18(28,29)20(32,33)22(36,37)23(38,39)21(34,35)19(30,31)17(26,27)15-41-40-14(12-8-4-2-5-9-12)42(15)13-10-6-3-7-11-13;/h2-8,10-11H,1H3;/q-1;. The van der Waals surface area contributed by atoms with Crippen LogP contribution < -0.4 is 0 Å². The minimum absolute atomic E-state index is 0. The second-order valence-electron chi connectivity index (χ2n) is 8.70. The van der Waals surface area contributed by atoms with Crippen LogP contribution in [-0.4, -0.2) is 56.2 Å². The quantitative estimate of drug-likeness (QED) is 0.152. The van der Waals surface area contributed by atoms with Crippen LogP contribution in [0, 0.1) is 6.07 Å². The molecule has 0 aliphatic rings. The molecule has 3 aromatic rings. The Bertz CT molecular complexity index is 1400. The van der Waals surface area contributed by atoms with Crippen molar-refractivity contribution in [3.8, 4) is 17.1 Å². The van der Waals surface area contributed by atoms with Crippen molar-refractivity contribution in [2.45, 2.75) is 54.3 Å². The summed E-state index contributed by atoms with van der Waals surface area (Å²) in [6.45, 7) is -1.20. The van der Waals surface area contributed by atoms with Crippen LogP contribution in [0.1, 0.15) is 12.7 Å². The maximum atomic E-state index is 15.1. The topological polar surface area (TPSA) is 30.7 Å². The van der Waals surface area contributed by atoms with E-state index in [0.29, 0.717) is 0 Å². The normalized spacial score (nSPS) is 14.4. The fourth-order valence-corrected chi connectivity index (χ4v) is 3.42. The van der Waals surface area contributed by atoms with Gasteiger partial charge in [0.1, 0.15) is 0 Å². The number of halogens is 16. The third kappa shape index (κ3) is 5.07. The van der Waals surface area contributed by atoms with E-state index in [1.165, 1.54) is 18.2 Å². The van der Waals surface area contributed by atoms with E-state index in [0.717, 1.165) is 36.4 Å². The van der Waals surface area contributed by atoms with E-state index in [9.17, 15) is 61.5 Å². The van der Waals surface area contributed by atoms with Gasteiger partial charge in [-0.25, -0.2) is 0 Å². The van der Waals surface area contributed by atoms with Gasteiger partial charge >= 0.3 is 47.4 Å².